The van der Waals surface area contributed by atoms with Gasteiger partial charge in [0.15, 0.2) is 11.6 Å². The zero-order chi connectivity index (χ0) is 13.1. The fourth-order valence-electron chi connectivity index (χ4n) is 1.35. The number of hydrogen-bond acceptors (Lipinski definition) is 2. The van der Waals surface area contributed by atoms with Crippen molar-refractivity contribution in [2.45, 2.75) is 0 Å². The average Bonchev–Trinajstić information content (AvgIpc) is 2.34. The Bertz CT molecular complexity index is 581. The zero-order valence-electron chi connectivity index (χ0n) is 9.06. The molecule has 0 heterocycles. The number of hydrogen-bond donors (Lipinski definition) is 1. The molecule has 0 bridgehead atoms. The topological polar surface area (TPSA) is 46.5 Å². The molecule has 1 N–H and O–H groups in total. The second-order valence-corrected chi connectivity index (χ2v) is 4.75. The summed E-state index contributed by atoms with van der Waals surface area (Å²) in [6.07, 6.45) is 0. The van der Waals surface area contributed by atoms with Crippen molar-refractivity contribution in [2.24, 2.45) is 0 Å². The molecule has 18 heavy (non-hydrogen) atoms. The molecule has 2 aromatic carbocycles. The Morgan fingerprint density at radius 3 is 2.39 bits per heavy atom. The zero-order valence-corrected chi connectivity index (χ0v) is 11.2. The normalized spacial score (nSPS) is 10.1. The molecular weight excluding hydrogens is 350 g/mol. The highest BCUT2D eigenvalue weighted by molar-refractivity contribution is 14.1. The lowest BCUT2D eigenvalue weighted by Crippen LogP contribution is -1.98. The Morgan fingerprint density at radius 2 is 1.83 bits per heavy atom. The van der Waals surface area contributed by atoms with E-state index in [4.69, 9.17) is 9.84 Å². The molecule has 0 saturated heterocycles. The van der Waals surface area contributed by atoms with E-state index in [1.807, 2.05) is 12.1 Å². The number of carboxylic acids is 1. The van der Waals surface area contributed by atoms with Crippen molar-refractivity contribution >= 4 is 28.6 Å². The van der Waals surface area contributed by atoms with E-state index in [1.54, 1.807) is 12.1 Å². The SMILES string of the molecule is O=C(O)c1ccc(Oc2ccc(I)cc2)c(F)c1. The molecule has 0 aromatic heterocycles. The lowest BCUT2D eigenvalue weighted by atomic mass is 10.2. The molecule has 0 saturated carbocycles. The smallest absolute Gasteiger partial charge is 0.335 e. The highest BCUT2D eigenvalue weighted by Crippen LogP contribution is 2.25. The maximum atomic E-state index is 13.6. The number of carbonyl (C=O) groups is 1. The Labute approximate surface area is 116 Å². The van der Waals surface area contributed by atoms with Crippen molar-refractivity contribution in [3.05, 3.63) is 57.4 Å². The molecular formula is C13H8FIO3. The summed E-state index contributed by atoms with van der Waals surface area (Å²) in [6, 6.07) is 10.6. The van der Waals surface area contributed by atoms with E-state index in [2.05, 4.69) is 22.6 Å². The van der Waals surface area contributed by atoms with Gasteiger partial charge in [-0.05, 0) is 65.1 Å². The minimum Gasteiger partial charge on any atom is -0.478 e. The standard InChI is InChI=1S/C13H8FIO3/c14-11-7-8(13(16)17)1-6-12(11)18-10-4-2-9(15)3-5-10/h1-7H,(H,16,17). The van der Waals surface area contributed by atoms with Crippen LogP contribution < -0.4 is 4.74 Å². The summed E-state index contributed by atoms with van der Waals surface area (Å²) >= 11 is 2.15. The Morgan fingerprint density at radius 1 is 1.17 bits per heavy atom. The minimum absolute atomic E-state index is 0.00112. The molecule has 2 aromatic rings. The van der Waals surface area contributed by atoms with E-state index >= 15 is 0 Å². The fraction of sp³-hybridized carbons (Fsp3) is 0. The largest absolute Gasteiger partial charge is 0.478 e. The molecule has 0 spiro atoms. The van der Waals surface area contributed by atoms with Crippen LogP contribution in [0.25, 0.3) is 0 Å². The van der Waals surface area contributed by atoms with Gasteiger partial charge < -0.3 is 9.84 Å². The molecule has 0 aliphatic carbocycles. The summed E-state index contributed by atoms with van der Waals surface area (Å²) in [4.78, 5) is 10.7. The summed E-state index contributed by atoms with van der Waals surface area (Å²) in [5.74, 6) is -1.37. The lowest BCUT2D eigenvalue weighted by Gasteiger charge is -2.07. The first-order chi connectivity index (χ1) is 8.56. The minimum atomic E-state index is -1.17. The highest BCUT2D eigenvalue weighted by atomic mass is 127. The van der Waals surface area contributed by atoms with E-state index in [0.717, 1.165) is 9.64 Å². The molecule has 0 aliphatic heterocycles. The molecule has 0 atom stereocenters. The number of halogens is 2. The highest BCUT2D eigenvalue weighted by Gasteiger charge is 2.09. The first-order valence-corrected chi connectivity index (χ1v) is 6.10. The second kappa shape index (κ2) is 5.34. The van der Waals surface area contributed by atoms with E-state index in [-0.39, 0.29) is 11.3 Å². The van der Waals surface area contributed by atoms with Gasteiger partial charge in [0.25, 0.3) is 0 Å². The summed E-state index contributed by atoms with van der Waals surface area (Å²) in [5.41, 5.74) is -0.109. The Balaban J connectivity index is 2.24. The third-order valence-electron chi connectivity index (χ3n) is 2.22. The number of aromatic carboxylic acids is 1. The monoisotopic (exact) mass is 358 g/mol. The van der Waals surface area contributed by atoms with Gasteiger partial charge in [0.05, 0.1) is 5.56 Å². The van der Waals surface area contributed by atoms with Crippen LogP contribution in [0.3, 0.4) is 0 Å². The van der Waals surface area contributed by atoms with Gasteiger partial charge in [-0.2, -0.15) is 0 Å². The van der Waals surface area contributed by atoms with Crippen molar-refractivity contribution < 1.29 is 19.0 Å². The van der Waals surface area contributed by atoms with Gasteiger partial charge >= 0.3 is 5.97 Å². The van der Waals surface area contributed by atoms with Crippen molar-refractivity contribution in [1.82, 2.24) is 0 Å². The summed E-state index contributed by atoms with van der Waals surface area (Å²) in [5, 5.41) is 8.71. The maximum Gasteiger partial charge on any atom is 0.335 e. The van der Waals surface area contributed by atoms with Gasteiger partial charge in [-0.3, -0.25) is 0 Å². The van der Waals surface area contributed by atoms with Gasteiger partial charge in [0.1, 0.15) is 5.75 Å². The van der Waals surface area contributed by atoms with Crippen LogP contribution in [0.5, 0.6) is 11.5 Å². The second-order valence-electron chi connectivity index (χ2n) is 3.51. The molecule has 3 nitrogen and oxygen atoms in total. The van der Waals surface area contributed by atoms with Crippen LogP contribution in [-0.2, 0) is 0 Å². The number of ether oxygens (including phenoxy) is 1. The molecule has 5 heteroatoms. The van der Waals surface area contributed by atoms with Gasteiger partial charge in [0, 0.05) is 3.57 Å². The molecule has 0 radical (unpaired) electrons. The molecule has 92 valence electrons. The fourth-order valence-corrected chi connectivity index (χ4v) is 1.71. The number of benzene rings is 2. The maximum absolute atomic E-state index is 13.6. The summed E-state index contributed by atoms with van der Waals surface area (Å²) in [6.45, 7) is 0. The van der Waals surface area contributed by atoms with Crippen molar-refractivity contribution in [2.75, 3.05) is 0 Å². The molecule has 0 unspecified atom stereocenters. The predicted molar refractivity (Wildman–Crippen MR) is 72.6 cm³/mol. The average molecular weight is 358 g/mol. The van der Waals surface area contributed by atoms with E-state index in [9.17, 15) is 9.18 Å². The molecule has 0 amide bonds. The van der Waals surface area contributed by atoms with Crippen LogP contribution in [0.4, 0.5) is 4.39 Å². The van der Waals surface area contributed by atoms with Crippen molar-refractivity contribution in [3.8, 4) is 11.5 Å². The third kappa shape index (κ3) is 2.98. The van der Waals surface area contributed by atoms with Gasteiger partial charge in [-0.25, -0.2) is 9.18 Å². The molecule has 2 rings (SSSR count). The lowest BCUT2D eigenvalue weighted by molar-refractivity contribution is 0.0696. The van der Waals surface area contributed by atoms with Crippen LogP contribution in [0, 0.1) is 9.39 Å². The quantitative estimate of drug-likeness (QED) is 0.846. The van der Waals surface area contributed by atoms with E-state index in [1.165, 1.54) is 12.1 Å². The van der Waals surface area contributed by atoms with Crippen molar-refractivity contribution in [3.63, 3.8) is 0 Å². The summed E-state index contributed by atoms with van der Waals surface area (Å²) < 4.78 is 20.0. The summed E-state index contributed by atoms with van der Waals surface area (Å²) in [7, 11) is 0. The van der Waals surface area contributed by atoms with Crippen LogP contribution in [-0.4, -0.2) is 11.1 Å². The van der Waals surface area contributed by atoms with Crippen LogP contribution in [0.15, 0.2) is 42.5 Å². The first kappa shape index (κ1) is 12.8. The van der Waals surface area contributed by atoms with Gasteiger partial charge in [-0.15, -0.1) is 0 Å². The van der Waals surface area contributed by atoms with E-state index < -0.39 is 11.8 Å². The Hall–Kier alpha value is -1.63. The predicted octanol–water partition coefficient (Wildman–Crippen LogP) is 3.92. The van der Waals surface area contributed by atoms with E-state index in [0.29, 0.717) is 5.75 Å². The number of rotatable bonds is 3. The third-order valence-corrected chi connectivity index (χ3v) is 2.94. The number of carboxylic acid groups (broad SMARTS) is 1. The van der Waals surface area contributed by atoms with Gasteiger partial charge in [-0.1, -0.05) is 0 Å². The van der Waals surface area contributed by atoms with Crippen LogP contribution in [0.1, 0.15) is 10.4 Å². The molecule has 0 fully saturated rings. The first-order valence-electron chi connectivity index (χ1n) is 5.02. The van der Waals surface area contributed by atoms with Crippen molar-refractivity contribution in [1.29, 1.82) is 0 Å². The van der Waals surface area contributed by atoms with Gasteiger partial charge in [0.2, 0.25) is 0 Å². The Kier molecular flexibility index (Phi) is 3.81. The molecule has 0 aliphatic rings. The van der Waals surface area contributed by atoms with Crippen LogP contribution >= 0.6 is 22.6 Å². The van der Waals surface area contributed by atoms with Crippen LogP contribution in [0.2, 0.25) is 0 Å².